The fourth-order valence-electron chi connectivity index (χ4n) is 4.96. The van der Waals surface area contributed by atoms with Gasteiger partial charge in [0.15, 0.2) is 0 Å². The van der Waals surface area contributed by atoms with E-state index in [2.05, 4.69) is 19.2 Å². The number of rotatable bonds is 5. The Morgan fingerprint density at radius 2 is 1.87 bits per heavy atom. The predicted molar refractivity (Wildman–Crippen MR) is 118 cm³/mol. The second-order valence-electron chi connectivity index (χ2n) is 8.79. The van der Waals surface area contributed by atoms with Crippen LogP contribution < -0.4 is 15.0 Å². The number of methoxy groups -OCH3 is 1. The van der Waals surface area contributed by atoms with E-state index >= 15 is 0 Å². The van der Waals surface area contributed by atoms with Crippen LogP contribution in [0.25, 0.3) is 0 Å². The van der Waals surface area contributed by atoms with Crippen molar-refractivity contribution in [2.75, 3.05) is 23.9 Å². The highest BCUT2D eigenvalue weighted by molar-refractivity contribution is 6.05. The molecule has 3 aliphatic heterocycles. The molecule has 6 nitrogen and oxygen atoms in total. The molecule has 6 heteroatoms. The molecule has 2 saturated heterocycles. The van der Waals surface area contributed by atoms with E-state index < -0.39 is 17.4 Å². The topological polar surface area (TPSA) is 67.9 Å². The van der Waals surface area contributed by atoms with Gasteiger partial charge in [-0.2, -0.15) is 0 Å². The van der Waals surface area contributed by atoms with Gasteiger partial charge in [-0.25, -0.2) is 0 Å². The third-order valence-electron chi connectivity index (χ3n) is 6.63. The van der Waals surface area contributed by atoms with E-state index in [4.69, 9.17) is 9.47 Å². The fraction of sp³-hybridized carbons (Fsp3) is 0.360. The van der Waals surface area contributed by atoms with E-state index in [0.717, 1.165) is 17.1 Å². The first-order chi connectivity index (χ1) is 14.9. The zero-order valence-corrected chi connectivity index (χ0v) is 17.9. The highest BCUT2D eigenvalue weighted by Gasteiger charge is 2.67. The first-order valence-electron chi connectivity index (χ1n) is 10.7. The van der Waals surface area contributed by atoms with Crippen molar-refractivity contribution in [1.82, 2.24) is 0 Å². The summed E-state index contributed by atoms with van der Waals surface area (Å²) >= 11 is 0. The van der Waals surface area contributed by atoms with Crippen LogP contribution >= 0.6 is 0 Å². The van der Waals surface area contributed by atoms with Crippen molar-refractivity contribution in [1.29, 1.82) is 0 Å². The van der Waals surface area contributed by atoms with Crippen LogP contribution in [0.3, 0.4) is 0 Å². The summed E-state index contributed by atoms with van der Waals surface area (Å²) < 4.78 is 11.4. The van der Waals surface area contributed by atoms with Crippen LogP contribution in [0, 0.1) is 11.8 Å². The molecule has 3 heterocycles. The van der Waals surface area contributed by atoms with Gasteiger partial charge in [0.05, 0.1) is 31.6 Å². The van der Waals surface area contributed by atoms with Crippen LogP contribution in [-0.4, -0.2) is 37.2 Å². The van der Waals surface area contributed by atoms with E-state index in [1.807, 2.05) is 60.7 Å². The number of hydrogen-bond acceptors (Lipinski definition) is 4. The summed E-state index contributed by atoms with van der Waals surface area (Å²) in [6.07, 6.45) is 3.51. The van der Waals surface area contributed by atoms with E-state index in [1.165, 1.54) is 5.56 Å². The molecule has 2 aromatic carbocycles. The molecule has 0 aromatic heterocycles. The molecule has 1 spiro atoms. The monoisotopic (exact) mass is 418 g/mol. The summed E-state index contributed by atoms with van der Waals surface area (Å²) in [5.74, 6) is -0.179. The molecule has 2 aromatic rings. The van der Waals surface area contributed by atoms with Gasteiger partial charge in [0.2, 0.25) is 11.8 Å². The quantitative estimate of drug-likeness (QED) is 0.751. The Morgan fingerprint density at radius 1 is 1.16 bits per heavy atom. The zero-order valence-electron chi connectivity index (χ0n) is 17.9. The molecular formula is C25H26N2O4. The highest BCUT2D eigenvalue weighted by Crippen LogP contribution is 2.52. The molecule has 0 aliphatic carbocycles. The molecule has 3 aliphatic rings. The largest absolute Gasteiger partial charge is 0.497 e. The van der Waals surface area contributed by atoms with Crippen molar-refractivity contribution in [2.45, 2.75) is 31.5 Å². The predicted octanol–water partition coefficient (Wildman–Crippen LogP) is 3.74. The van der Waals surface area contributed by atoms with Crippen LogP contribution in [0.15, 0.2) is 60.7 Å². The van der Waals surface area contributed by atoms with E-state index in [1.54, 1.807) is 12.0 Å². The first kappa shape index (κ1) is 19.8. The van der Waals surface area contributed by atoms with Gasteiger partial charge in [0.1, 0.15) is 11.4 Å². The number of benzene rings is 2. The van der Waals surface area contributed by atoms with Gasteiger partial charge in [-0.15, -0.1) is 0 Å². The lowest BCUT2D eigenvalue weighted by molar-refractivity contribution is -0.128. The zero-order chi connectivity index (χ0) is 21.8. The minimum absolute atomic E-state index is 0.0766. The fourth-order valence-corrected chi connectivity index (χ4v) is 4.96. The van der Waals surface area contributed by atoms with Crippen LogP contribution in [0.1, 0.15) is 25.3 Å². The lowest BCUT2D eigenvalue weighted by atomic mass is 9.76. The summed E-state index contributed by atoms with van der Waals surface area (Å²) in [6, 6.07) is 15.2. The third-order valence-corrected chi connectivity index (χ3v) is 6.63. The molecule has 4 atom stereocenters. The molecule has 0 saturated carbocycles. The maximum Gasteiger partial charge on any atom is 0.234 e. The lowest BCUT2D eigenvalue weighted by Gasteiger charge is -2.23. The number of ether oxygens (including phenoxy) is 2. The Labute approximate surface area is 181 Å². The minimum Gasteiger partial charge on any atom is -0.497 e. The molecular weight excluding hydrogens is 392 g/mol. The van der Waals surface area contributed by atoms with Gasteiger partial charge < -0.3 is 19.7 Å². The summed E-state index contributed by atoms with van der Waals surface area (Å²) in [5.41, 5.74) is 1.97. The van der Waals surface area contributed by atoms with Crippen LogP contribution in [0.4, 0.5) is 11.4 Å². The average Bonchev–Trinajstić information content (AvgIpc) is 3.42. The van der Waals surface area contributed by atoms with Gasteiger partial charge in [0.25, 0.3) is 0 Å². The maximum absolute atomic E-state index is 13.4. The number of nitrogens with one attached hydrogen (secondary N) is 1. The van der Waals surface area contributed by atoms with Crippen LogP contribution in [0.5, 0.6) is 5.75 Å². The minimum atomic E-state index is -0.745. The Balaban J connectivity index is 1.38. The van der Waals surface area contributed by atoms with E-state index in [-0.39, 0.29) is 17.9 Å². The molecule has 160 valence electrons. The Kier molecular flexibility index (Phi) is 4.63. The number of hydrogen-bond donors (Lipinski definition) is 1. The van der Waals surface area contributed by atoms with Crippen LogP contribution in [-0.2, 0) is 14.3 Å². The number of anilines is 2. The second kappa shape index (κ2) is 7.24. The molecule has 5 rings (SSSR count). The number of carbonyl (C=O) groups excluding carboxylic acids is 2. The molecule has 2 bridgehead atoms. The summed E-state index contributed by atoms with van der Waals surface area (Å²) in [7, 11) is 1.61. The van der Waals surface area contributed by atoms with Crippen molar-refractivity contribution in [3.63, 3.8) is 0 Å². The number of carbonyl (C=O) groups is 2. The molecule has 2 fully saturated rings. The highest BCUT2D eigenvalue weighted by atomic mass is 16.5. The van der Waals surface area contributed by atoms with Crippen molar-refractivity contribution in [2.24, 2.45) is 11.8 Å². The number of nitrogens with zero attached hydrogens (tertiary/aromatic N) is 1. The normalized spacial score (nSPS) is 28.3. The standard InChI is InChI=1S/C25H26N2O4/c1-15(2)16-4-6-17(7-5-16)26-23(28)21-20-12-13-25(31-20)14-27(24(29)22(21)25)18-8-10-19(30-3)11-9-18/h4-13,15,20-22H,14H2,1-3H3,(H,26,28)/t20-,21?,22+,25-/m0/s1. The Bertz CT molecular complexity index is 1040. The lowest BCUT2D eigenvalue weighted by Crippen LogP contribution is -2.41. The molecule has 1 unspecified atom stereocenters. The van der Waals surface area contributed by atoms with Gasteiger partial charge in [-0.3, -0.25) is 9.59 Å². The maximum atomic E-state index is 13.4. The van der Waals surface area contributed by atoms with Gasteiger partial charge in [-0.1, -0.05) is 38.1 Å². The van der Waals surface area contributed by atoms with Crippen LogP contribution in [0.2, 0.25) is 0 Å². The molecule has 2 amide bonds. The van der Waals surface area contributed by atoms with E-state index in [9.17, 15) is 9.59 Å². The SMILES string of the molecule is COc1ccc(N2C[C@]34C=C[C@H](O3)C(C(=O)Nc3ccc(C(C)C)cc3)[C@@H]4C2=O)cc1. The number of fused-ring (bicyclic) bond motifs is 1. The van der Waals surface area contributed by atoms with Gasteiger partial charge in [-0.05, 0) is 47.9 Å². The van der Waals surface area contributed by atoms with Gasteiger partial charge in [0, 0.05) is 11.4 Å². The molecule has 0 radical (unpaired) electrons. The van der Waals surface area contributed by atoms with Crippen molar-refractivity contribution in [3.8, 4) is 5.75 Å². The van der Waals surface area contributed by atoms with Crippen molar-refractivity contribution in [3.05, 3.63) is 66.2 Å². The Hall–Kier alpha value is -3.12. The van der Waals surface area contributed by atoms with E-state index in [0.29, 0.717) is 12.5 Å². The summed E-state index contributed by atoms with van der Waals surface area (Å²) in [5, 5.41) is 2.99. The molecule has 1 N–H and O–H groups in total. The Morgan fingerprint density at radius 3 is 2.52 bits per heavy atom. The number of amides is 2. The second-order valence-corrected chi connectivity index (χ2v) is 8.79. The van der Waals surface area contributed by atoms with Crippen molar-refractivity contribution >= 4 is 23.2 Å². The summed E-state index contributed by atoms with van der Waals surface area (Å²) in [4.78, 5) is 28.4. The van der Waals surface area contributed by atoms with Crippen molar-refractivity contribution < 1.29 is 19.1 Å². The summed E-state index contributed by atoms with van der Waals surface area (Å²) in [6.45, 7) is 4.67. The third kappa shape index (κ3) is 3.13. The average molecular weight is 418 g/mol. The van der Waals surface area contributed by atoms with Gasteiger partial charge >= 0.3 is 0 Å². The molecule has 31 heavy (non-hydrogen) atoms. The first-order valence-corrected chi connectivity index (χ1v) is 10.7. The smallest absolute Gasteiger partial charge is 0.234 e.